The zero-order valence-electron chi connectivity index (χ0n) is 25.0. The Morgan fingerprint density at radius 3 is 2.27 bits per heavy atom. The zero-order chi connectivity index (χ0) is 27.1. The van der Waals surface area contributed by atoms with Crippen LogP contribution in [0, 0.1) is 52.3 Å². The second-order valence-electron chi connectivity index (χ2n) is 14.1. The van der Waals surface area contributed by atoms with Gasteiger partial charge in [-0.25, -0.2) is 0 Å². The van der Waals surface area contributed by atoms with Gasteiger partial charge in [0.1, 0.15) is 12.2 Å². The molecule has 0 amide bonds. The molecule has 4 nitrogen and oxygen atoms in total. The molecule has 0 bridgehead atoms. The second-order valence-corrected chi connectivity index (χ2v) is 14.1. The quantitative estimate of drug-likeness (QED) is 0.242. The molecule has 0 unspecified atom stereocenters. The minimum Gasteiger partial charge on any atom is -0.462 e. The van der Waals surface area contributed by atoms with Crippen molar-refractivity contribution in [2.75, 3.05) is 0 Å². The molecule has 10 atom stereocenters. The third-order valence-electron chi connectivity index (χ3n) is 11.9. The lowest BCUT2D eigenvalue weighted by Crippen LogP contribution is -2.55. The third-order valence-corrected chi connectivity index (χ3v) is 11.9. The third kappa shape index (κ3) is 5.42. The van der Waals surface area contributed by atoms with E-state index in [0.29, 0.717) is 23.2 Å². The fourth-order valence-corrected chi connectivity index (χ4v) is 9.89. The highest BCUT2D eigenvalue weighted by Crippen LogP contribution is 2.67. The summed E-state index contributed by atoms with van der Waals surface area (Å²) in [6.07, 6.45) is 13.9. The van der Waals surface area contributed by atoms with Gasteiger partial charge < -0.3 is 9.47 Å². The number of esters is 2. The topological polar surface area (TPSA) is 52.6 Å². The van der Waals surface area contributed by atoms with Crippen molar-refractivity contribution in [3.63, 3.8) is 0 Å². The zero-order valence-corrected chi connectivity index (χ0v) is 25.0. The molecule has 0 aromatic heterocycles. The number of carbonyl (C=O) groups excluding carboxylic acids is 2. The van der Waals surface area contributed by atoms with Crippen molar-refractivity contribution < 1.29 is 19.1 Å². The van der Waals surface area contributed by atoms with E-state index in [0.717, 1.165) is 42.9 Å². The highest BCUT2D eigenvalue weighted by atomic mass is 16.5. The van der Waals surface area contributed by atoms with E-state index in [9.17, 15) is 9.59 Å². The van der Waals surface area contributed by atoms with Crippen LogP contribution in [0.5, 0.6) is 0 Å². The molecule has 0 N–H and O–H groups in total. The summed E-state index contributed by atoms with van der Waals surface area (Å²) in [6.45, 7) is 17.8. The van der Waals surface area contributed by atoms with Crippen LogP contribution in [0.1, 0.15) is 120 Å². The Morgan fingerprint density at radius 2 is 1.65 bits per heavy atom. The van der Waals surface area contributed by atoms with Gasteiger partial charge in [0.15, 0.2) is 0 Å². The van der Waals surface area contributed by atoms with Crippen LogP contribution in [-0.4, -0.2) is 24.1 Å². The maximum absolute atomic E-state index is 12.3. The van der Waals surface area contributed by atoms with Crippen LogP contribution >= 0.6 is 0 Å². The molecule has 0 aromatic rings. The Morgan fingerprint density at radius 1 is 0.946 bits per heavy atom. The second kappa shape index (κ2) is 11.0. The highest BCUT2D eigenvalue weighted by molar-refractivity contribution is 5.67. The van der Waals surface area contributed by atoms with Gasteiger partial charge >= 0.3 is 11.9 Å². The Labute approximate surface area is 226 Å². The Bertz CT molecular complexity index is 876. The van der Waals surface area contributed by atoms with Crippen LogP contribution < -0.4 is 0 Å². The smallest absolute Gasteiger partial charge is 0.303 e. The fourth-order valence-electron chi connectivity index (χ4n) is 9.89. The Hall–Kier alpha value is -1.32. The van der Waals surface area contributed by atoms with Crippen molar-refractivity contribution in [1.82, 2.24) is 0 Å². The van der Waals surface area contributed by atoms with Crippen molar-refractivity contribution in [2.45, 2.75) is 132 Å². The number of ether oxygens (including phenoxy) is 2. The summed E-state index contributed by atoms with van der Waals surface area (Å²) in [5.41, 5.74) is 1.81. The lowest BCUT2D eigenvalue weighted by Gasteiger charge is -2.59. The van der Waals surface area contributed by atoms with E-state index in [-0.39, 0.29) is 29.6 Å². The first kappa shape index (κ1) is 28.7. The number of carbonyl (C=O) groups is 2. The molecule has 210 valence electrons. The van der Waals surface area contributed by atoms with Crippen LogP contribution in [0.4, 0.5) is 0 Å². The Balaban J connectivity index is 1.58. The monoisotopic (exact) mass is 514 g/mol. The van der Waals surface area contributed by atoms with E-state index >= 15 is 0 Å². The van der Waals surface area contributed by atoms with Crippen LogP contribution in [0.25, 0.3) is 0 Å². The van der Waals surface area contributed by atoms with Crippen molar-refractivity contribution in [3.05, 3.63) is 11.6 Å². The molecule has 37 heavy (non-hydrogen) atoms. The molecular formula is C33H54O4. The molecule has 0 saturated heterocycles. The summed E-state index contributed by atoms with van der Waals surface area (Å²) in [6, 6.07) is 0. The number of hydrogen-bond acceptors (Lipinski definition) is 4. The van der Waals surface area contributed by atoms with Crippen molar-refractivity contribution >= 4 is 11.9 Å². The molecule has 0 aliphatic heterocycles. The summed E-state index contributed by atoms with van der Waals surface area (Å²) in [5, 5.41) is 0. The van der Waals surface area contributed by atoms with Gasteiger partial charge in [0.05, 0.1) is 0 Å². The predicted molar refractivity (Wildman–Crippen MR) is 149 cm³/mol. The largest absolute Gasteiger partial charge is 0.462 e. The molecule has 0 aromatic carbocycles. The van der Waals surface area contributed by atoms with Crippen molar-refractivity contribution in [1.29, 1.82) is 0 Å². The van der Waals surface area contributed by atoms with Crippen LogP contribution in [0.3, 0.4) is 0 Å². The van der Waals surface area contributed by atoms with Crippen LogP contribution in [0.15, 0.2) is 11.6 Å². The molecule has 4 rings (SSSR count). The molecule has 3 saturated carbocycles. The van der Waals surface area contributed by atoms with Gasteiger partial charge in [0.2, 0.25) is 0 Å². The first-order chi connectivity index (χ1) is 17.4. The predicted octanol–water partition coefficient (Wildman–Crippen LogP) is 8.14. The average Bonchev–Trinajstić information content (AvgIpc) is 3.16. The lowest BCUT2D eigenvalue weighted by molar-refractivity contribution is -0.159. The van der Waals surface area contributed by atoms with Gasteiger partial charge in [-0.2, -0.15) is 0 Å². The summed E-state index contributed by atoms with van der Waals surface area (Å²) in [4.78, 5) is 24.0. The fraction of sp³-hybridized carbons (Fsp3) is 0.879. The SMILES string of the molecule is CC[C@H](CC[C@@H](C)[C@H]1CC[C@H]2[C@@H]3[C@@H](OC(C)=O)C=C4C[C@@H](OC(C)=O)CC[C@]4(C)[C@H]3CC[C@]12C)C(C)C. The molecule has 3 fully saturated rings. The lowest BCUT2D eigenvalue weighted by atomic mass is 9.46. The van der Waals surface area contributed by atoms with Gasteiger partial charge in [-0.1, -0.05) is 60.0 Å². The van der Waals surface area contributed by atoms with E-state index in [4.69, 9.17) is 9.47 Å². The van der Waals surface area contributed by atoms with Gasteiger partial charge in [-0.3, -0.25) is 9.59 Å². The summed E-state index contributed by atoms with van der Waals surface area (Å²) in [5.74, 6) is 4.28. The van der Waals surface area contributed by atoms with Crippen LogP contribution in [0.2, 0.25) is 0 Å². The van der Waals surface area contributed by atoms with E-state index < -0.39 is 0 Å². The van der Waals surface area contributed by atoms with E-state index in [1.54, 1.807) is 6.92 Å². The minimum absolute atomic E-state index is 0.0466. The Kier molecular flexibility index (Phi) is 8.56. The molecule has 4 heteroatoms. The number of rotatable bonds is 8. The summed E-state index contributed by atoms with van der Waals surface area (Å²) in [7, 11) is 0. The summed E-state index contributed by atoms with van der Waals surface area (Å²) >= 11 is 0. The number of hydrogen-bond donors (Lipinski definition) is 0. The molecular weight excluding hydrogens is 460 g/mol. The van der Waals surface area contributed by atoms with Gasteiger partial charge in [0, 0.05) is 26.2 Å². The first-order valence-corrected chi connectivity index (χ1v) is 15.5. The minimum atomic E-state index is -0.197. The van der Waals surface area contributed by atoms with E-state index in [2.05, 4.69) is 47.6 Å². The molecule has 4 aliphatic carbocycles. The first-order valence-electron chi connectivity index (χ1n) is 15.5. The molecule has 4 aliphatic rings. The standard InChI is InChI=1S/C33H54O4/c1-9-24(20(2)3)11-10-21(4)27-12-13-28-31-29(15-17-33(27,28)8)32(7)16-14-26(36-22(5)34)18-25(32)19-30(31)37-23(6)35/h19-21,24,26-31H,9-18H2,1-8H3/t21-,24-,26+,27-,28+,29+,30+,31+,32+,33-/m1/s1. The molecule has 0 spiro atoms. The molecule has 0 heterocycles. The van der Waals surface area contributed by atoms with Gasteiger partial charge in [-0.05, 0) is 97.4 Å². The summed E-state index contributed by atoms with van der Waals surface area (Å²) < 4.78 is 11.8. The van der Waals surface area contributed by atoms with Crippen molar-refractivity contribution in [3.8, 4) is 0 Å². The van der Waals surface area contributed by atoms with E-state index in [1.807, 2.05) is 0 Å². The molecule has 0 radical (unpaired) electrons. The normalized spacial score (nSPS) is 40.6. The maximum atomic E-state index is 12.3. The van der Waals surface area contributed by atoms with Gasteiger partial charge in [0.25, 0.3) is 0 Å². The maximum Gasteiger partial charge on any atom is 0.303 e. The number of fused-ring (bicyclic) bond motifs is 5. The van der Waals surface area contributed by atoms with Gasteiger partial charge in [-0.15, -0.1) is 0 Å². The average molecular weight is 515 g/mol. The van der Waals surface area contributed by atoms with Crippen LogP contribution in [-0.2, 0) is 19.1 Å². The van der Waals surface area contributed by atoms with Crippen molar-refractivity contribution in [2.24, 2.45) is 52.3 Å². The highest BCUT2D eigenvalue weighted by Gasteiger charge is 2.62. The van der Waals surface area contributed by atoms with E-state index in [1.165, 1.54) is 57.4 Å².